The number of rotatable bonds is 8. The molecule has 0 atom stereocenters. The van der Waals surface area contributed by atoms with Crippen molar-refractivity contribution in [2.45, 2.75) is 46.1 Å². The number of nitrogens with zero attached hydrogens (tertiary/aromatic N) is 3. The third-order valence-electron chi connectivity index (χ3n) is 4.41. The molecule has 0 aliphatic heterocycles. The maximum absolute atomic E-state index is 14.1. The number of hydrogen-bond acceptors (Lipinski definition) is 6. The van der Waals surface area contributed by atoms with Crippen LogP contribution in [0.5, 0.6) is 5.75 Å². The molecule has 2 aromatic carbocycles. The molecule has 1 heterocycles. The van der Waals surface area contributed by atoms with Gasteiger partial charge in [-0.2, -0.15) is 10.2 Å². The molecule has 0 saturated heterocycles. The van der Waals surface area contributed by atoms with Crippen molar-refractivity contribution in [3.63, 3.8) is 0 Å². The Morgan fingerprint density at radius 1 is 1.23 bits per heavy atom. The molecule has 3 aromatic rings. The van der Waals surface area contributed by atoms with E-state index in [1.54, 1.807) is 30.3 Å². The van der Waals surface area contributed by atoms with Gasteiger partial charge in [0.05, 0.1) is 11.7 Å². The van der Waals surface area contributed by atoms with Crippen LogP contribution in [0.4, 0.5) is 4.39 Å². The first-order valence-electron chi connectivity index (χ1n) is 9.70. The van der Waals surface area contributed by atoms with Gasteiger partial charge < -0.3 is 14.1 Å². The molecule has 7 heteroatoms. The van der Waals surface area contributed by atoms with E-state index < -0.39 is 0 Å². The zero-order chi connectivity index (χ0) is 21.7. The number of aromatic nitrogens is 2. The van der Waals surface area contributed by atoms with E-state index in [1.807, 2.05) is 13.8 Å². The fourth-order valence-electron chi connectivity index (χ4n) is 3.00. The molecule has 0 amide bonds. The number of nitriles is 1. The lowest BCUT2D eigenvalue weighted by molar-refractivity contribution is -0.117. The molecule has 3 rings (SSSR count). The zero-order valence-corrected chi connectivity index (χ0v) is 17.1. The molecule has 0 saturated carbocycles. The number of Topliss-reactive ketones (excluding diaryl/α,β-unsaturated/α-hetero) is 1. The molecule has 6 nitrogen and oxygen atoms in total. The monoisotopic (exact) mass is 407 g/mol. The van der Waals surface area contributed by atoms with Crippen LogP contribution in [0.1, 0.15) is 44.7 Å². The molecule has 0 bridgehead atoms. The molecule has 0 spiro atoms. The molecule has 1 aromatic heterocycles. The van der Waals surface area contributed by atoms with Crippen LogP contribution in [0.15, 0.2) is 40.9 Å². The highest BCUT2D eigenvalue weighted by molar-refractivity contribution is 5.75. The topological polar surface area (TPSA) is 89.0 Å². The molecule has 0 aliphatic carbocycles. The standard InChI is InChI=1S/C23H22FN3O3/c1-14(2)29-21-10-8-18(12-19(21)13-25)23-26-22(27-30-23)17-7-9-20(24)16(11-17)6-4-5-15(3)28/h7-12,14H,4-6H2,1-3H3. The van der Waals surface area contributed by atoms with E-state index in [1.165, 1.54) is 13.0 Å². The summed E-state index contributed by atoms with van der Waals surface area (Å²) in [4.78, 5) is 15.5. The second-order valence-electron chi connectivity index (χ2n) is 7.27. The molecule has 0 unspecified atom stereocenters. The van der Waals surface area contributed by atoms with Crippen molar-refractivity contribution >= 4 is 5.78 Å². The number of halogens is 1. The van der Waals surface area contributed by atoms with Gasteiger partial charge in [0, 0.05) is 17.5 Å². The summed E-state index contributed by atoms with van der Waals surface area (Å²) in [6.45, 7) is 5.29. The molecule has 154 valence electrons. The van der Waals surface area contributed by atoms with E-state index in [0.717, 1.165) is 0 Å². The first kappa shape index (κ1) is 21.2. The summed E-state index contributed by atoms with van der Waals surface area (Å²) >= 11 is 0. The van der Waals surface area contributed by atoms with Crippen LogP contribution in [-0.2, 0) is 11.2 Å². The fourth-order valence-corrected chi connectivity index (χ4v) is 3.00. The van der Waals surface area contributed by atoms with Crippen LogP contribution in [0, 0.1) is 17.1 Å². The lowest BCUT2D eigenvalue weighted by Gasteiger charge is -2.11. The lowest BCUT2D eigenvalue weighted by Crippen LogP contribution is -2.06. The summed E-state index contributed by atoms with van der Waals surface area (Å²) in [5.41, 5.74) is 2.08. The van der Waals surface area contributed by atoms with E-state index in [4.69, 9.17) is 9.26 Å². The number of aryl methyl sites for hydroxylation is 1. The molecular formula is C23H22FN3O3. The summed E-state index contributed by atoms with van der Waals surface area (Å²) < 4.78 is 25.1. The van der Waals surface area contributed by atoms with Gasteiger partial charge in [-0.1, -0.05) is 5.16 Å². The van der Waals surface area contributed by atoms with Crippen molar-refractivity contribution in [2.24, 2.45) is 0 Å². The van der Waals surface area contributed by atoms with E-state index in [-0.39, 0.29) is 23.6 Å². The molecule has 30 heavy (non-hydrogen) atoms. The van der Waals surface area contributed by atoms with Gasteiger partial charge in [0.15, 0.2) is 0 Å². The maximum atomic E-state index is 14.1. The Morgan fingerprint density at radius 3 is 2.70 bits per heavy atom. The summed E-state index contributed by atoms with van der Waals surface area (Å²) in [5.74, 6) is 0.810. The predicted molar refractivity (Wildman–Crippen MR) is 109 cm³/mol. The third-order valence-corrected chi connectivity index (χ3v) is 4.41. The number of hydrogen-bond donors (Lipinski definition) is 0. The summed E-state index contributed by atoms with van der Waals surface area (Å²) in [5, 5.41) is 13.4. The van der Waals surface area contributed by atoms with Gasteiger partial charge in [-0.3, -0.25) is 0 Å². The van der Waals surface area contributed by atoms with Crippen LogP contribution in [-0.4, -0.2) is 22.0 Å². The lowest BCUT2D eigenvalue weighted by atomic mass is 10.0. The first-order chi connectivity index (χ1) is 14.4. The second kappa shape index (κ2) is 9.31. The third kappa shape index (κ3) is 5.09. The Morgan fingerprint density at radius 2 is 2.00 bits per heavy atom. The first-order valence-corrected chi connectivity index (χ1v) is 9.70. The highest BCUT2D eigenvalue weighted by Gasteiger charge is 2.15. The average Bonchev–Trinajstić information content (AvgIpc) is 3.19. The van der Waals surface area contributed by atoms with Crippen LogP contribution in [0.2, 0.25) is 0 Å². The van der Waals surface area contributed by atoms with E-state index in [0.29, 0.717) is 53.1 Å². The minimum Gasteiger partial charge on any atom is -0.490 e. The number of ether oxygens (including phenoxy) is 1. The molecule has 0 N–H and O–H groups in total. The van der Waals surface area contributed by atoms with Crippen molar-refractivity contribution in [3.05, 3.63) is 53.3 Å². The zero-order valence-electron chi connectivity index (χ0n) is 17.1. The minimum absolute atomic E-state index is 0.0546. The van der Waals surface area contributed by atoms with Gasteiger partial charge in [0.25, 0.3) is 5.89 Å². The van der Waals surface area contributed by atoms with Crippen LogP contribution in [0.25, 0.3) is 22.8 Å². The highest BCUT2D eigenvalue weighted by atomic mass is 19.1. The largest absolute Gasteiger partial charge is 0.490 e. The van der Waals surface area contributed by atoms with Crippen LogP contribution in [0.3, 0.4) is 0 Å². The smallest absolute Gasteiger partial charge is 0.258 e. The maximum Gasteiger partial charge on any atom is 0.258 e. The fraction of sp³-hybridized carbons (Fsp3) is 0.304. The van der Waals surface area contributed by atoms with Gasteiger partial charge in [-0.15, -0.1) is 0 Å². The number of ketones is 1. The van der Waals surface area contributed by atoms with Crippen molar-refractivity contribution in [1.29, 1.82) is 5.26 Å². The van der Waals surface area contributed by atoms with Crippen LogP contribution < -0.4 is 4.74 Å². The van der Waals surface area contributed by atoms with E-state index in [2.05, 4.69) is 16.2 Å². The predicted octanol–water partition coefficient (Wildman–Crippen LogP) is 5.11. The summed E-state index contributed by atoms with van der Waals surface area (Å²) in [6, 6.07) is 11.8. The van der Waals surface area contributed by atoms with E-state index in [9.17, 15) is 14.4 Å². The Bertz CT molecular complexity index is 1100. The Hall–Kier alpha value is -3.53. The number of carbonyl (C=O) groups excluding carboxylic acids is 1. The molecule has 0 fully saturated rings. The number of benzene rings is 2. The quantitative estimate of drug-likeness (QED) is 0.515. The normalized spacial score (nSPS) is 10.8. The van der Waals surface area contributed by atoms with Crippen LogP contribution >= 0.6 is 0 Å². The Balaban J connectivity index is 1.84. The minimum atomic E-state index is -0.328. The molecule has 0 radical (unpaired) electrons. The van der Waals surface area contributed by atoms with Gasteiger partial charge in [0.2, 0.25) is 5.82 Å². The summed E-state index contributed by atoms with van der Waals surface area (Å²) in [7, 11) is 0. The summed E-state index contributed by atoms with van der Waals surface area (Å²) in [6.07, 6.45) is 1.39. The van der Waals surface area contributed by atoms with Gasteiger partial charge in [-0.25, -0.2) is 4.39 Å². The Labute approximate surface area is 174 Å². The van der Waals surface area contributed by atoms with Crippen molar-refractivity contribution in [2.75, 3.05) is 0 Å². The van der Waals surface area contributed by atoms with Crippen molar-refractivity contribution in [1.82, 2.24) is 10.1 Å². The number of carbonyl (C=O) groups is 1. The van der Waals surface area contributed by atoms with Gasteiger partial charge in [-0.05, 0) is 75.6 Å². The second-order valence-corrected chi connectivity index (χ2v) is 7.27. The van der Waals surface area contributed by atoms with Crippen molar-refractivity contribution < 1.29 is 18.4 Å². The SMILES string of the molecule is CC(=O)CCCc1cc(-c2noc(-c3ccc(OC(C)C)c(C#N)c3)n2)ccc1F. The molecule has 0 aliphatic rings. The Kier molecular flexibility index (Phi) is 6.58. The average molecular weight is 407 g/mol. The van der Waals surface area contributed by atoms with Crippen molar-refractivity contribution in [3.8, 4) is 34.7 Å². The van der Waals surface area contributed by atoms with Gasteiger partial charge >= 0.3 is 0 Å². The highest BCUT2D eigenvalue weighted by Crippen LogP contribution is 2.28. The van der Waals surface area contributed by atoms with Gasteiger partial charge in [0.1, 0.15) is 23.4 Å². The van der Waals surface area contributed by atoms with E-state index >= 15 is 0 Å². The molecular weight excluding hydrogens is 385 g/mol.